The topological polar surface area (TPSA) is 116 Å². The second kappa shape index (κ2) is 57.6. The predicted molar refractivity (Wildman–Crippen MR) is 572 cm³/mol. The number of pyridine rings is 9. The van der Waals surface area contributed by atoms with E-state index in [-0.39, 0.29) is 101 Å². The molecule has 0 aliphatic rings. The molecular weight excluding hydrogens is 2650 g/mol. The summed E-state index contributed by atoms with van der Waals surface area (Å²) in [5.41, 5.74) is 25.8. The summed E-state index contributed by atoms with van der Waals surface area (Å²) in [6.07, 6.45) is 16.4. The average Bonchev–Trinajstić information content (AvgIpc) is 0.798. The molecule has 9 nitrogen and oxygen atoms in total. The molecule has 0 N–H and O–H groups in total. The minimum absolute atomic E-state index is 0. The Morgan fingerprint density at radius 3 is 0.667 bits per heavy atom. The van der Waals surface area contributed by atoms with Gasteiger partial charge in [0.25, 0.3) is 0 Å². The number of aromatic nitrogens is 9. The van der Waals surface area contributed by atoms with E-state index in [1.165, 1.54) is 82.4 Å². The van der Waals surface area contributed by atoms with Crippen molar-refractivity contribution < 1.29 is 101 Å². The largest absolute Gasteiger partial charge is 0.305 e. The quantitative estimate of drug-likeness (QED) is 0.0975. The molecule has 0 amide bonds. The molecule has 0 atom stereocenters. The van der Waals surface area contributed by atoms with Crippen molar-refractivity contribution in [3.63, 3.8) is 0 Å². The summed E-state index contributed by atoms with van der Waals surface area (Å²) in [5, 5.41) is 10.4. The Morgan fingerprint density at radius 1 is 0.153 bits per heavy atom. The fourth-order valence-electron chi connectivity index (χ4n) is 15.3. The number of aryl methyl sites for hydroxylation is 1. The zero-order valence-corrected chi connectivity index (χ0v) is 89.9. The summed E-state index contributed by atoms with van der Waals surface area (Å²) in [4.78, 5) is 39.3. The van der Waals surface area contributed by atoms with Crippen molar-refractivity contribution in [1.29, 1.82) is 0 Å². The molecule has 9 aromatic heterocycles. The van der Waals surface area contributed by atoms with Gasteiger partial charge in [0.2, 0.25) is 0 Å². The van der Waals surface area contributed by atoms with Gasteiger partial charge in [-0.05, 0) is 173 Å². The fourth-order valence-corrected chi connectivity index (χ4v) is 15.3. The minimum Gasteiger partial charge on any atom is -0.305 e. The summed E-state index contributed by atoms with van der Waals surface area (Å²) < 4.78 is 0. The molecule has 25 rings (SSSR count). The fraction of sp³-hybridized carbons (Fsp3) is 0.00769. The van der Waals surface area contributed by atoms with Crippen LogP contribution >= 0.6 is 0 Å². The molecule has 0 bridgehead atoms. The number of hydrogen-bond donors (Lipinski definition) is 0. The number of fused-ring (bicyclic) bond motifs is 9. The third kappa shape index (κ3) is 30.4. The van der Waals surface area contributed by atoms with Crippen LogP contribution in [0.15, 0.2) is 529 Å². The van der Waals surface area contributed by atoms with Gasteiger partial charge in [0.1, 0.15) is 0 Å². The molecule has 14 heteroatoms. The van der Waals surface area contributed by atoms with Crippen LogP contribution in [0, 0.1) is 61.5 Å². The maximum absolute atomic E-state index is 4.40. The standard InChI is InChI=1S/4C17H12N.3C13H8N.C12H10N.C11H8N.5Ir/c4*1-3-7-14(8-4-1)16-11-12-18-17(13-16)15-9-5-2-6-10-15;3*1-2-6-12-10(4-1)7-8-11-5-3-9-14-13(11)12;1-10-6-5-9-13-12(10)11-7-3-2-4-8-11;1-2-6-10(7-3-1)11-8-4-5-9-12-11;;;;;/h4*1-9,11-13H;3*1-5,7-9H;2-7,9H,1H3;1-6,8-9H;;;;;/q9*-1;;;;;. The molecule has 0 unspecified atom stereocenters. The molecule has 0 saturated heterocycles. The van der Waals surface area contributed by atoms with Crippen LogP contribution in [-0.4, -0.2) is 44.9 Å². The van der Waals surface area contributed by atoms with Crippen molar-refractivity contribution in [2.24, 2.45) is 0 Å². The SMILES string of the molecule is Cc1cccnc1-c1[c-]cccc1.[Ir].[Ir].[Ir].[Ir].[Ir].[c-]1cccc2ccc3cccnc3c12.[c-]1cccc2ccc3cccnc3c12.[c-]1cccc2ccc3cccnc3c12.[c-]1ccccc1-c1cc(-c2ccccc2)ccn1.[c-]1ccccc1-c1cc(-c2ccccc2)ccn1.[c-]1ccccc1-c1cc(-c2ccccc2)ccn1.[c-]1ccccc1-c1cc(-c2ccccc2)ccn1.[c-]1ccccc1-c1ccccn1. The molecule has 0 aliphatic carbocycles. The first-order valence-electron chi connectivity index (χ1n) is 45.6. The maximum Gasteiger partial charge on any atom is 0.0166 e. The summed E-state index contributed by atoms with van der Waals surface area (Å²) in [5.74, 6) is 0. The van der Waals surface area contributed by atoms with Gasteiger partial charge in [-0.2, -0.15) is 0 Å². The van der Waals surface area contributed by atoms with Gasteiger partial charge < -0.3 is 44.9 Å². The molecule has 9 heterocycles. The summed E-state index contributed by atoms with van der Waals surface area (Å²) in [6, 6.07) is 186. The van der Waals surface area contributed by atoms with Gasteiger partial charge in [-0.15, -0.1) is 320 Å². The molecule has 709 valence electrons. The molecule has 0 fully saturated rings. The predicted octanol–water partition coefficient (Wildman–Crippen LogP) is 31.8. The average molecular weight is 2740 g/mol. The van der Waals surface area contributed by atoms with Crippen LogP contribution in [0.2, 0.25) is 0 Å². The molecule has 5 radical (unpaired) electrons. The van der Waals surface area contributed by atoms with E-state index >= 15 is 0 Å². The van der Waals surface area contributed by atoms with Crippen LogP contribution in [0.1, 0.15) is 5.56 Å². The van der Waals surface area contributed by atoms with Crippen molar-refractivity contribution in [2.45, 2.75) is 6.92 Å². The molecule has 16 aromatic carbocycles. The van der Waals surface area contributed by atoms with Crippen molar-refractivity contribution >= 4 is 65.0 Å². The number of hydrogen-bond acceptors (Lipinski definition) is 9. The summed E-state index contributed by atoms with van der Waals surface area (Å²) >= 11 is 0. The first-order chi connectivity index (χ1) is 68.9. The van der Waals surface area contributed by atoms with Gasteiger partial charge in [-0.25, -0.2) is 0 Å². The molecule has 144 heavy (non-hydrogen) atoms. The van der Waals surface area contributed by atoms with Crippen molar-refractivity contribution in [3.05, 3.63) is 589 Å². The van der Waals surface area contributed by atoms with Crippen LogP contribution in [0.25, 0.3) is 177 Å². The Morgan fingerprint density at radius 2 is 0.389 bits per heavy atom. The normalized spacial score (nSPS) is 9.98. The van der Waals surface area contributed by atoms with Gasteiger partial charge >= 0.3 is 0 Å². The molecular formula is C130H90Ir5N9-9. The van der Waals surface area contributed by atoms with E-state index in [0.717, 1.165) is 100 Å². The Kier molecular flexibility index (Phi) is 43.0. The Labute approximate surface area is 909 Å². The van der Waals surface area contributed by atoms with E-state index in [2.05, 4.69) is 258 Å². The first kappa shape index (κ1) is 108. The summed E-state index contributed by atoms with van der Waals surface area (Å²) in [7, 11) is 0. The Hall–Kier alpha value is -15.3. The second-order valence-electron chi connectivity index (χ2n) is 31.5. The zero-order valence-electron chi connectivity index (χ0n) is 77.9. The van der Waals surface area contributed by atoms with Crippen LogP contribution in [0.5, 0.6) is 0 Å². The monoisotopic (exact) mass is 2740 g/mol. The molecule has 25 aromatic rings. The third-order valence-electron chi connectivity index (χ3n) is 22.3. The smallest absolute Gasteiger partial charge is 0.0166 e. The first-order valence-corrected chi connectivity index (χ1v) is 45.6. The van der Waals surface area contributed by atoms with Crippen LogP contribution in [0.4, 0.5) is 0 Å². The van der Waals surface area contributed by atoms with E-state index in [1.54, 1.807) is 6.20 Å². The van der Waals surface area contributed by atoms with Crippen molar-refractivity contribution in [3.8, 4) is 112 Å². The van der Waals surface area contributed by atoms with E-state index in [1.807, 2.05) is 371 Å². The van der Waals surface area contributed by atoms with E-state index in [0.29, 0.717) is 0 Å². The molecule has 0 saturated carbocycles. The van der Waals surface area contributed by atoms with Gasteiger partial charge in [0.05, 0.1) is 0 Å². The Balaban J connectivity index is 0.000000144. The van der Waals surface area contributed by atoms with Gasteiger partial charge in [-0.1, -0.05) is 224 Å². The van der Waals surface area contributed by atoms with Gasteiger partial charge in [0.15, 0.2) is 0 Å². The zero-order chi connectivity index (χ0) is 94.3. The summed E-state index contributed by atoms with van der Waals surface area (Å²) in [6.45, 7) is 2.06. The van der Waals surface area contributed by atoms with Crippen LogP contribution < -0.4 is 0 Å². The maximum atomic E-state index is 4.40. The third-order valence-corrected chi connectivity index (χ3v) is 22.3. The van der Waals surface area contributed by atoms with Gasteiger partial charge in [0, 0.05) is 156 Å². The number of rotatable bonds is 10. The van der Waals surface area contributed by atoms with E-state index in [9.17, 15) is 0 Å². The van der Waals surface area contributed by atoms with E-state index < -0.39 is 0 Å². The number of nitrogens with zero attached hydrogens (tertiary/aromatic N) is 9. The molecule has 0 aliphatic heterocycles. The second-order valence-corrected chi connectivity index (χ2v) is 31.5. The Bertz CT molecular complexity index is 6960. The minimum atomic E-state index is 0. The van der Waals surface area contributed by atoms with Crippen molar-refractivity contribution in [2.75, 3.05) is 0 Å². The van der Waals surface area contributed by atoms with Crippen LogP contribution in [-0.2, 0) is 101 Å². The van der Waals surface area contributed by atoms with Gasteiger partial charge in [-0.3, -0.25) is 0 Å². The van der Waals surface area contributed by atoms with E-state index in [4.69, 9.17) is 0 Å². The molecule has 0 spiro atoms. The van der Waals surface area contributed by atoms with Crippen LogP contribution in [0.3, 0.4) is 0 Å². The number of benzene rings is 16. The van der Waals surface area contributed by atoms with Crippen molar-refractivity contribution in [1.82, 2.24) is 44.9 Å².